The molecule has 1 unspecified atom stereocenters. The van der Waals surface area contributed by atoms with Gasteiger partial charge in [-0.05, 0) is 49.3 Å². The van der Waals surface area contributed by atoms with Crippen LogP contribution in [0.4, 0.5) is 10.5 Å². The zero-order valence-corrected chi connectivity index (χ0v) is 24.0. The summed E-state index contributed by atoms with van der Waals surface area (Å²) in [6.07, 6.45) is 2.41. The van der Waals surface area contributed by atoms with Gasteiger partial charge in [-0.25, -0.2) is 4.79 Å². The summed E-state index contributed by atoms with van der Waals surface area (Å²) in [6.45, 7) is 6.52. The molecule has 37 heavy (non-hydrogen) atoms. The van der Waals surface area contributed by atoms with Crippen molar-refractivity contribution in [2.24, 2.45) is 11.1 Å². The molecule has 3 rings (SSSR count). The number of amides is 2. The van der Waals surface area contributed by atoms with Crippen LogP contribution in [0.3, 0.4) is 0 Å². The number of carbonyl (C=O) groups excluding carboxylic acids is 2. The zero-order valence-electron chi connectivity index (χ0n) is 22.4. The molecule has 2 aliphatic heterocycles. The van der Waals surface area contributed by atoms with Gasteiger partial charge in [0.2, 0.25) is 5.91 Å². The number of hydrogen-bond donors (Lipinski definition) is 3. The molecule has 1 saturated heterocycles. The Bertz CT molecular complexity index is 875. The molecule has 0 radical (unpaired) electrons. The first kappa shape index (κ1) is 33.4. The molecule has 0 spiro atoms. The maximum atomic E-state index is 13.5. The number of alkyl carbamates (subject to hydrolysis) is 1. The maximum absolute atomic E-state index is 13.5. The number of fused-ring (bicyclic) bond motifs is 1. The Morgan fingerprint density at radius 3 is 2.62 bits per heavy atom. The van der Waals surface area contributed by atoms with Crippen molar-refractivity contribution in [3.63, 3.8) is 0 Å². The van der Waals surface area contributed by atoms with Gasteiger partial charge >= 0.3 is 6.09 Å². The summed E-state index contributed by atoms with van der Waals surface area (Å²) in [5, 5.41) is 13.7. The smallest absolute Gasteiger partial charge is 0.407 e. The van der Waals surface area contributed by atoms with Gasteiger partial charge in [-0.3, -0.25) is 9.69 Å². The fraction of sp³-hybridized carbons (Fsp3) is 0.692. The zero-order chi connectivity index (χ0) is 25.6. The summed E-state index contributed by atoms with van der Waals surface area (Å²) >= 11 is 0. The van der Waals surface area contributed by atoms with E-state index in [0.717, 1.165) is 30.6 Å². The van der Waals surface area contributed by atoms with Crippen LogP contribution in [-0.2, 0) is 20.7 Å². The minimum absolute atomic E-state index is 0. The number of β-amino-alcohol motifs (C(OH)–C–C–N with tert-alkyl or cyclic N) is 1. The molecule has 212 valence electrons. The number of likely N-dealkylation sites (tertiary alicyclic amines) is 1. The van der Waals surface area contributed by atoms with E-state index >= 15 is 0 Å². The Balaban J connectivity index is 0.00000342. The van der Waals surface area contributed by atoms with Crippen molar-refractivity contribution in [1.29, 1.82) is 0 Å². The molecule has 2 heterocycles. The Morgan fingerprint density at radius 2 is 1.95 bits per heavy atom. The highest BCUT2D eigenvalue weighted by Gasteiger charge is 2.35. The summed E-state index contributed by atoms with van der Waals surface area (Å²) in [6, 6.07) is 7.42. The first-order valence-electron chi connectivity index (χ1n) is 12.5. The highest BCUT2D eigenvalue weighted by molar-refractivity contribution is 5.95. The second-order valence-corrected chi connectivity index (χ2v) is 10.7. The monoisotopic (exact) mass is 562 g/mol. The summed E-state index contributed by atoms with van der Waals surface area (Å²) in [5.74, 6) is -0.0276. The van der Waals surface area contributed by atoms with Gasteiger partial charge in [0.15, 0.2) is 0 Å². The van der Waals surface area contributed by atoms with Crippen molar-refractivity contribution in [2.75, 3.05) is 45.4 Å². The highest BCUT2D eigenvalue weighted by Crippen LogP contribution is 2.33. The molecular formula is C26H44Cl2N4O5. The summed E-state index contributed by atoms with van der Waals surface area (Å²) in [5.41, 5.74) is 7.90. The van der Waals surface area contributed by atoms with Crippen LogP contribution in [0.2, 0.25) is 0 Å². The number of carbonyl (C=O) groups is 2. The van der Waals surface area contributed by atoms with Crippen LogP contribution in [0.15, 0.2) is 24.3 Å². The van der Waals surface area contributed by atoms with Crippen molar-refractivity contribution in [1.82, 2.24) is 10.2 Å². The molecule has 9 nitrogen and oxygen atoms in total. The maximum Gasteiger partial charge on any atom is 0.407 e. The molecular weight excluding hydrogens is 519 g/mol. The number of nitrogens with two attached hydrogens (primary N) is 1. The third-order valence-electron chi connectivity index (χ3n) is 7.15. The fourth-order valence-corrected chi connectivity index (χ4v) is 5.40. The normalized spacial score (nSPS) is 21.2. The molecule has 1 aromatic rings. The van der Waals surface area contributed by atoms with E-state index in [1.807, 2.05) is 38.1 Å². The first-order valence-corrected chi connectivity index (χ1v) is 12.5. The van der Waals surface area contributed by atoms with Gasteiger partial charge in [-0.1, -0.05) is 32.0 Å². The minimum atomic E-state index is -0.675. The van der Waals surface area contributed by atoms with Gasteiger partial charge in [0.1, 0.15) is 0 Å². The van der Waals surface area contributed by atoms with E-state index in [0.29, 0.717) is 38.6 Å². The van der Waals surface area contributed by atoms with Crippen LogP contribution in [0.25, 0.3) is 0 Å². The van der Waals surface area contributed by atoms with Crippen LogP contribution in [0.1, 0.15) is 45.1 Å². The average Bonchev–Trinajstić information content (AvgIpc) is 3.24. The van der Waals surface area contributed by atoms with Crippen LogP contribution < -0.4 is 16.0 Å². The Hall–Kier alpha value is -1.62. The number of benzene rings is 1. The SMILES string of the molecule is COC[C@H]1CCCN1C[C@H](O)[C@@H](N)CC(C)(C)CC(=O)N1CC(NC(=O)OC)Cc2ccccc21.Cl.Cl. The molecule has 0 aliphatic carbocycles. The lowest BCUT2D eigenvalue weighted by Crippen LogP contribution is -2.51. The second-order valence-electron chi connectivity index (χ2n) is 10.7. The van der Waals surface area contributed by atoms with E-state index in [9.17, 15) is 14.7 Å². The number of halogens is 2. The standard InChI is InChI=1S/C26H42N4O5.2ClH/c1-26(2,13-21(27)23(31)16-29-11-7-9-20(29)17-34-3)14-24(32)30-15-19(28-25(33)35-4)12-18-8-5-6-10-22(18)30;;/h5-6,8,10,19-21,23,31H,7,9,11-17,27H2,1-4H3,(H,28,33);2*1H/t19?,20-,21+,23+;;/m1../s1. The number of methoxy groups -OCH3 is 2. The second kappa shape index (κ2) is 15.1. The van der Waals surface area contributed by atoms with Crippen LogP contribution in [-0.4, -0.2) is 86.7 Å². The molecule has 0 bridgehead atoms. The lowest BCUT2D eigenvalue weighted by atomic mass is 9.80. The summed E-state index contributed by atoms with van der Waals surface area (Å²) < 4.78 is 10.1. The van der Waals surface area contributed by atoms with E-state index in [2.05, 4.69) is 10.2 Å². The van der Waals surface area contributed by atoms with Crippen LogP contribution in [0, 0.1) is 5.41 Å². The Kier molecular flexibility index (Phi) is 13.6. The number of nitrogens with one attached hydrogen (secondary N) is 1. The third-order valence-corrected chi connectivity index (χ3v) is 7.15. The number of hydrogen-bond acceptors (Lipinski definition) is 7. The fourth-order valence-electron chi connectivity index (χ4n) is 5.40. The van der Waals surface area contributed by atoms with Crippen molar-refractivity contribution in [3.8, 4) is 0 Å². The summed E-state index contributed by atoms with van der Waals surface area (Å²) in [4.78, 5) is 29.3. The number of anilines is 1. The van der Waals surface area contributed by atoms with Gasteiger partial charge in [-0.2, -0.15) is 0 Å². The lowest BCUT2D eigenvalue weighted by molar-refractivity contribution is -0.120. The van der Waals surface area contributed by atoms with Gasteiger partial charge in [0, 0.05) is 44.4 Å². The molecule has 2 aliphatic rings. The predicted octanol–water partition coefficient (Wildman–Crippen LogP) is 2.75. The number of aliphatic hydroxyl groups excluding tert-OH is 1. The predicted molar refractivity (Wildman–Crippen MR) is 150 cm³/mol. The molecule has 0 aromatic heterocycles. The largest absolute Gasteiger partial charge is 0.453 e. The molecule has 2 amide bonds. The van der Waals surface area contributed by atoms with E-state index in [4.69, 9.17) is 15.2 Å². The molecule has 4 atom stereocenters. The van der Waals surface area contributed by atoms with Crippen molar-refractivity contribution in [3.05, 3.63) is 29.8 Å². The van der Waals surface area contributed by atoms with E-state index in [1.165, 1.54) is 7.11 Å². The van der Waals surface area contributed by atoms with Crippen molar-refractivity contribution < 1.29 is 24.2 Å². The Morgan fingerprint density at radius 1 is 1.24 bits per heavy atom. The number of ether oxygens (including phenoxy) is 2. The molecule has 1 aromatic carbocycles. The van der Waals surface area contributed by atoms with Crippen molar-refractivity contribution in [2.45, 2.75) is 70.2 Å². The average molecular weight is 564 g/mol. The molecule has 11 heteroatoms. The van der Waals surface area contributed by atoms with Gasteiger partial charge in [-0.15, -0.1) is 24.8 Å². The summed E-state index contributed by atoms with van der Waals surface area (Å²) in [7, 11) is 3.03. The van der Waals surface area contributed by atoms with Gasteiger partial charge in [0.25, 0.3) is 0 Å². The number of rotatable bonds is 10. The van der Waals surface area contributed by atoms with Crippen LogP contribution in [0.5, 0.6) is 0 Å². The van der Waals surface area contributed by atoms with Crippen LogP contribution >= 0.6 is 24.8 Å². The first-order chi connectivity index (χ1) is 16.6. The lowest BCUT2D eigenvalue weighted by Gasteiger charge is -2.37. The van der Waals surface area contributed by atoms with E-state index in [-0.39, 0.29) is 43.2 Å². The third kappa shape index (κ3) is 9.26. The number of aliphatic hydroxyl groups is 1. The highest BCUT2D eigenvalue weighted by atomic mass is 35.5. The number of para-hydroxylation sites is 1. The molecule has 4 N–H and O–H groups in total. The topological polar surface area (TPSA) is 117 Å². The number of nitrogens with zero attached hydrogens (tertiary/aromatic N) is 2. The quantitative estimate of drug-likeness (QED) is 0.401. The molecule has 1 fully saturated rings. The van der Waals surface area contributed by atoms with Crippen molar-refractivity contribution >= 4 is 42.5 Å². The minimum Gasteiger partial charge on any atom is -0.453 e. The Labute approximate surface area is 233 Å². The van der Waals surface area contributed by atoms with Gasteiger partial charge in [0.05, 0.1) is 25.9 Å². The van der Waals surface area contributed by atoms with E-state index < -0.39 is 23.7 Å². The van der Waals surface area contributed by atoms with Gasteiger partial charge < -0.3 is 30.5 Å². The molecule has 0 saturated carbocycles. The van der Waals surface area contributed by atoms with E-state index in [1.54, 1.807) is 12.0 Å².